The summed E-state index contributed by atoms with van der Waals surface area (Å²) in [6.07, 6.45) is 4.92. The molecule has 0 unspecified atom stereocenters. The van der Waals surface area contributed by atoms with Crippen molar-refractivity contribution in [2.24, 2.45) is 0 Å². The number of benzene rings is 1. The third kappa shape index (κ3) is 1.57. The first-order chi connectivity index (χ1) is 8.24. The van der Waals surface area contributed by atoms with Gasteiger partial charge in [0.2, 0.25) is 0 Å². The third-order valence-electron chi connectivity index (χ3n) is 2.60. The van der Waals surface area contributed by atoms with Gasteiger partial charge in [0.15, 0.2) is 0 Å². The van der Waals surface area contributed by atoms with E-state index in [1.165, 1.54) is 6.07 Å². The normalized spacial score (nSPS) is 16.0. The molecule has 17 heavy (non-hydrogen) atoms. The van der Waals surface area contributed by atoms with Gasteiger partial charge in [0.05, 0.1) is 17.6 Å². The fourth-order valence-corrected chi connectivity index (χ4v) is 1.82. The van der Waals surface area contributed by atoms with Gasteiger partial charge in [0.25, 0.3) is 5.91 Å². The molecule has 3 rings (SSSR count). The Bertz CT molecular complexity index is 615. The minimum atomic E-state index is -0.186. The number of phenolic OH excluding ortho intramolecular Hbond substituents is 1. The van der Waals surface area contributed by atoms with Crippen LogP contribution in [0.15, 0.2) is 30.7 Å². The maximum Gasteiger partial charge on any atom is 0.256 e. The smallest absolute Gasteiger partial charge is 0.256 e. The molecular weight excluding hydrogens is 218 g/mol. The summed E-state index contributed by atoms with van der Waals surface area (Å²) in [4.78, 5) is 18.6. The highest BCUT2D eigenvalue weighted by Crippen LogP contribution is 2.34. The summed E-state index contributed by atoms with van der Waals surface area (Å²) in [6.45, 7) is 0. The lowest BCUT2D eigenvalue weighted by Crippen LogP contribution is -2.03. The average Bonchev–Trinajstić information content (AvgIpc) is 2.90. The van der Waals surface area contributed by atoms with Gasteiger partial charge in [-0.05, 0) is 24.3 Å². The van der Waals surface area contributed by atoms with Gasteiger partial charge in [0, 0.05) is 17.4 Å². The Kier molecular flexibility index (Phi) is 1.98. The summed E-state index contributed by atoms with van der Waals surface area (Å²) in [5, 5.41) is 12.2. The van der Waals surface area contributed by atoms with Gasteiger partial charge in [-0.15, -0.1) is 0 Å². The molecule has 84 valence electrons. The molecule has 0 aliphatic carbocycles. The minimum Gasteiger partial charge on any atom is -0.508 e. The first-order valence-electron chi connectivity index (χ1n) is 5.09. The van der Waals surface area contributed by atoms with Gasteiger partial charge in [-0.1, -0.05) is 0 Å². The van der Waals surface area contributed by atoms with Crippen molar-refractivity contribution in [2.75, 3.05) is 5.32 Å². The number of amides is 1. The maximum atomic E-state index is 11.8. The van der Waals surface area contributed by atoms with E-state index in [1.54, 1.807) is 30.7 Å². The van der Waals surface area contributed by atoms with Gasteiger partial charge in [-0.2, -0.15) is 0 Å². The van der Waals surface area contributed by atoms with E-state index in [1.807, 2.05) is 0 Å². The fourth-order valence-electron chi connectivity index (χ4n) is 1.82. The number of aromatic amines is 1. The van der Waals surface area contributed by atoms with E-state index in [9.17, 15) is 9.90 Å². The predicted molar refractivity (Wildman–Crippen MR) is 63.2 cm³/mol. The second-order valence-electron chi connectivity index (χ2n) is 3.74. The number of hydrogen-bond acceptors (Lipinski definition) is 3. The lowest BCUT2D eigenvalue weighted by Gasteiger charge is -1.98. The number of anilines is 1. The van der Waals surface area contributed by atoms with Crippen LogP contribution in [-0.4, -0.2) is 21.0 Å². The van der Waals surface area contributed by atoms with E-state index in [4.69, 9.17) is 0 Å². The summed E-state index contributed by atoms with van der Waals surface area (Å²) in [5.74, 6) is -0.0539. The van der Waals surface area contributed by atoms with Crippen molar-refractivity contribution in [1.29, 1.82) is 0 Å². The molecule has 1 aromatic carbocycles. The number of carbonyl (C=O) groups excluding carboxylic acids is 1. The summed E-state index contributed by atoms with van der Waals surface area (Å²) in [6, 6.07) is 4.77. The number of carbonyl (C=O) groups is 1. The molecule has 0 saturated heterocycles. The summed E-state index contributed by atoms with van der Waals surface area (Å²) < 4.78 is 0. The number of fused-ring (bicyclic) bond motifs is 1. The molecule has 5 heteroatoms. The Labute approximate surface area is 96.8 Å². The van der Waals surface area contributed by atoms with Crippen molar-refractivity contribution in [2.45, 2.75) is 0 Å². The number of aromatic hydroxyl groups is 1. The number of H-pyrrole nitrogens is 1. The number of rotatable bonds is 1. The number of phenols is 1. The predicted octanol–water partition coefficient (Wildman–Crippen LogP) is 1.61. The van der Waals surface area contributed by atoms with Crippen molar-refractivity contribution >= 4 is 23.2 Å². The zero-order valence-electron chi connectivity index (χ0n) is 8.77. The molecular formula is C12H9N3O2. The molecule has 2 heterocycles. The average molecular weight is 227 g/mol. The van der Waals surface area contributed by atoms with Crippen LogP contribution < -0.4 is 5.32 Å². The molecule has 1 aromatic heterocycles. The SMILES string of the molecule is O=C1Nc2ccc(O)cc2C1=Cc1c[nH]cn1. The van der Waals surface area contributed by atoms with Crippen molar-refractivity contribution in [3.05, 3.63) is 42.0 Å². The zero-order chi connectivity index (χ0) is 11.8. The lowest BCUT2D eigenvalue weighted by molar-refractivity contribution is -0.110. The second-order valence-corrected chi connectivity index (χ2v) is 3.74. The molecule has 0 saturated carbocycles. The maximum absolute atomic E-state index is 11.8. The molecule has 5 nitrogen and oxygen atoms in total. The number of aromatic nitrogens is 2. The molecule has 1 aliphatic heterocycles. The van der Waals surface area contributed by atoms with E-state index < -0.39 is 0 Å². The van der Waals surface area contributed by atoms with Crippen LogP contribution >= 0.6 is 0 Å². The molecule has 0 atom stereocenters. The van der Waals surface area contributed by atoms with Crippen LogP contribution in [0.25, 0.3) is 11.6 Å². The van der Waals surface area contributed by atoms with Crippen molar-refractivity contribution < 1.29 is 9.90 Å². The number of imidazole rings is 1. The number of hydrogen-bond donors (Lipinski definition) is 3. The van der Waals surface area contributed by atoms with Crippen LogP contribution in [0.4, 0.5) is 5.69 Å². The van der Waals surface area contributed by atoms with Crippen molar-refractivity contribution in [3.8, 4) is 5.75 Å². The quantitative estimate of drug-likeness (QED) is 0.511. The Morgan fingerprint density at radius 1 is 1.35 bits per heavy atom. The Morgan fingerprint density at radius 3 is 3.00 bits per heavy atom. The first kappa shape index (κ1) is 9.65. The van der Waals surface area contributed by atoms with E-state index in [-0.39, 0.29) is 11.7 Å². The van der Waals surface area contributed by atoms with Crippen LogP contribution in [-0.2, 0) is 4.79 Å². The molecule has 3 N–H and O–H groups in total. The highest BCUT2D eigenvalue weighted by Gasteiger charge is 2.24. The fraction of sp³-hybridized carbons (Fsp3) is 0. The van der Waals surface area contributed by atoms with Crippen LogP contribution in [0.5, 0.6) is 5.75 Å². The minimum absolute atomic E-state index is 0.133. The van der Waals surface area contributed by atoms with Crippen LogP contribution in [0.1, 0.15) is 11.3 Å². The summed E-state index contributed by atoms with van der Waals surface area (Å²) in [5.41, 5.74) is 2.57. The molecule has 0 spiro atoms. The highest BCUT2D eigenvalue weighted by molar-refractivity contribution is 6.34. The number of nitrogens with zero attached hydrogens (tertiary/aromatic N) is 1. The van der Waals surface area contributed by atoms with Crippen LogP contribution in [0.3, 0.4) is 0 Å². The van der Waals surface area contributed by atoms with Gasteiger partial charge in [0.1, 0.15) is 5.75 Å². The monoisotopic (exact) mass is 227 g/mol. The Balaban J connectivity index is 2.13. The van der Waals surface area contributed by atoms with E-state index >= 15 is 0 Å². The molecule has 1 amide bonds. The van der Waals surface area contributed by atoms with Gasteiger partial charge < -0.3 is 15.4 Å². The van der Waals surface area contributed by atoms with Gasteiger partial charge in [-0.3, -0.25) is 4.79 Å². The highest BCUT2D eigenvalue weighted by atomic mass is 16.3. The second kappa shape index (κ2) is 3.48. The van der Waals surface area contributed by atoms with Crippen molar-refractivity contribution in [3.63, 3.8) is 0 Å². The zero-order valence-corrected chi connectivity index (χ0v) is 8.77. The third-order valence-corrected chi connectivity index (χ3v) is 2.60. The molecule has 0 fully saturated rings. The topological polar surface area (TPSA) is 78.0 Å². The molecule has 2 aromatic rings. The Morgan fingerprint density at radius 2 is 2.24 bits per heavy atom. The van der Waals surface area contributed by atoms with Crippen LogP contribution in [0.2, 0.25) is 0 Å². The largest absolute Gasteiger partial charge is 0.508 e. The van der Waals surface area contributed by atoms with E-state index in [0.29, 0.717) is 22.5 Å². The van der Waals surface area contributed by atoms with Crippen LogP contribution in [0, 0.1) is 0 Å². The van der Waals surface area contributed by atoms with E-state index in [0.717, 1.165) is 0 Å². The Hall–Kier alpha value is -2.56. The summed E-state index contributed by atoms with van der Waals surface area (Å²) >= 11 is 0. The van der Waals surface area contributed by atoms with E-state index in [2.05, 4.69) is 15.3 Å². The van der Waals surface area contributed by atoms with Crippen molar-refractivity contribution in [1.82, 2.24) is 9.97 Å². The van der Waals surface area contributed by atoms with Gasteiger partial charge >= 0.3 is 0 Å². The standard InChI is InChI=1S/C12H9N3O2/c16-8-1-2-11-9(4-8)10(12(17)15-11)3-7-5-13-6-14-7/h1-6,16H,(H,13,14)(H,15,17). The lowest BCUT2D eigenvalue weighted by atomic mass is 10.1. The molecule has 0 radical (unpaired) electrons. The van der Waals surface area contributed by atoms with Gasteiger partial charge in [-0.25, -0.2) is 4.98 Å². The number of nitrogens with one attached hydrogen (secondary N) is 2. The summed E-state index contributed by atoms with van der Waals surface area (Å²) in [7, 11) is 0. The molecule has 0 bridgehead atoms. The molecule has 1 aliphatic rings. The first-order valence-corrected chi connectivity index (χ1v) is 5.09.